The molecule has 0 aliphatic heterocycles. The molecule has 1 rings (SSSR count). The third-order valence-corrected chi connectivity index (χ3v) is 2.87. The maximum absolute atomic E-state index is 8.93. The Hall–Kier alpha value is -0.160. The topological polar surface area (TPSA) is 61.7 Å². The Labute approximate surface area is 85.3 Å². The maximum atomic E-state index is 8.93. The van der Waals surface area contributed by atoms with Crippen molar-refractivity contribution in [1.82, 2.24) is 5.32 Å². The number of nitrogens with one attached hydrogen (secondary N) is 1. The minimum atomic E-state index is -0.185. The van der Waals surface area contributed by atoms with Crippen molar-refractivity contribution in [2.75, 3.05) is 20.3 Å². The summed E-state index contributed by atoms with van der Waals surface area (Å²) in [5.74, 6) is 0. The lowest BCUT2D eigenvalue weighted by atomic mass is 9.92. The second-order valence-electron chi connectivity index (χ2n) is 3.95. The van der Waals surface area contributed by atoms with Crippen LogP contribution >= 0.6 is 0 Å². The standard InChI is InChI=1S/C10H21NO3/c1-14-10-4-2-3-8(5-10)11-9(6-12)7-13/h8-13H,2-7H2,1H3. The van der Waals surface area contributed by atoms with Gasteiger partial charge in [0.05, 0.1) is 25.4 Å². The predicted octanol–water partition coefficient (Wildman–Crippen LogP) is -0.113. The molecule has 0 spiro atoms. The van der Waals surface area contributed by atoms with E-state index >= 15 is 0 Å². The van der Waals surface area contributed by atoms with E-state index in [0.29, 0.717) is 12.1 Å². The fourth-order valence-electron chi connectivity index (χ4n) is 2.01. The van der Waals surface area contributed by atoms with Crippen molar-refractivity contribution in [2.24, 2.45) is 0 Å². The zero-order chi connectivity index (χ0) is 10.4. The number of hydrogen-bond donors (Lipinski definition) is 3. The number of hydrogen-bond acceptors (Lipinski definition) is 4. The minimum absolute atomic E-state index is 0.00928. The zero-order valence-corrected chi connectivity index (χ0v) is 8.78. The summed E-state index contributed by atoms with van der Waals surface area (Å²) in [6.07, 6.45) is 4.69. The number of aliphatic hydroxyl groups is 2. The van der Waals surface area contributed by atoms with Crippen molar-refractivity contribution in [3.05, 3.63) is 0 Å². The van der Waals surface area contributed by atoms with Crippen molar-refractivity contribution < 1.29 is 14.9 Å². The van der Waals surface area contributed by atoms with Crippen LogP contribution in [0.3, 0.4) is 0 Å². The minimum Gasteiger partial charge on any atom is -0.395 e. The molecule has 1 fully saturated rings. The van der Waals surface area contributed by atoms with Crippen LogP contribution < -0.4 is 5.32 Å². The van der Waals surface area contributed by atoms with Gasteiger partial charge in [-0.3, -0.25) is 0 Å². The molecule has 84 valence electrons. The van der Waals surface area contributed by atoms with Crippen LogP contribution in [0.4, 0.5) is 0 Å². The highest BCUT2D eigenvalue weighted by atomic mass is 16.5. The Morgan fingerprint density at radius 1 is 1.36 bits per heavy atom. The summed E-state index contributed by atoms with van der Waals surface area (Å²) >= 11 is 0. The molecule has 0 radical (unpaired) electrons. The van der Waals surface area contributed by atoms with Crippen LogP contribution in [0.1, 0.15) is 25.7 Å². The fourth-order valence-corrected chi connectivity index (χ4v) is 2.01. The largest absolute Gasteiger partial charge is 0.395 e. The number of aliphatic hydroxyl groups excluding tert-OH is 2. The van der Waals surface area contributed by atoms with E-state index < -0.39 is 0 Å². The lowest BCUT2D eigenvalue weighted by Gasteiger charge is -2.31. The summed E-state index contributed by atoms with van der Waals surface area (Å²) in [6, 6.07) is 0.189. The third kappa shape index (κ3) is 3.53. The molecule has 1 saturated carbocycles. The molecule has 0 saturated heterocycles. The molecule has 0 bridgehead atoms. The zero-order valence-electron chi connectivity index (χ0n) is 8.78. The molecule has 0 aromatic carbocycles. The van der Waals surface area contributed by atoms with Gasteiger partial charge in [0.15, 0.2) is 0 Å². The van der Waals surface area contributed by atoms with E-state index in [1.807, 2.05) is 0 Å². The van der Waals surface area contributed by atoms with Crippen LogP contribution in [-0.4, -0.2) is 48.7 Å². The molecule has 2 unspecified atom stereocenters. The quantitative estimate of drug-likeness (QED) is 0.583. The molecule has 0 aromatic rings. The van der Waals surface area contributed by atoms with E-state index in [2.05, 4.69) is 5.32 Å². The van der Waals surface area contributed by atoms with Crippen molar-refractivity contribution in [1.29, 1.82) is 0 Å². The first-order valence-electron chi connectivity index (χ1n) is 5.30. The molecule has 14 heavy (non-hydrogen) atoms. The molecular formula is C10H21NO3. The van der Waals surface area contributed by atoms with Crippen LogP contribution in [0.15, 0.2) is 0 Å². The van der Waals surface area contributed by atoms with Gasteiger partial charge in [-0.15, -0.1) is 0 Å². The van der Waals surface area contributed by atoms with Gasteiger partial charge in [0.1, 0.15) is 0 Å². The SMILES string of the molecule is COC1CCCC(NC(CO)CO)C1. The molecule has 0 amide bonds. The molecule has 2 atom stereocenters. The Morgan fingerprint density at radius 2 is 2.07 bits per heavy atom. The molecule has 1 aliphatic carbocycles. The molecular weight excluding hydrogens is 182 g/mol. The Bertz CT molecular complexity index is 150. The number of methoxy groups -OCH3 is 1. The van der Waals surface area contributed by atoms with Gasteiger partial charge in [-0.1, -0.05) is 0 Å². The lowest BCUT2D eigenvalue weighted by molar-refractivity contribution is 0.0518. The molecule has 4 nitrogen and oxygen atoms in total. The van der Waals surface area contributed by atoms with Gasteiger partial charge in [-0.05, 0) is 25.7 Å². The van der Waals surface area contributed by atoms with Crippen LogP contribution in [0.5, 0.6) is 0 Å². The summed E-state index contributed by atoms with van der Waals surface area (Å²) in [6.45, 7) is -0.0186. The summed E-state index contributed by atoms with van der Waals surface area (Å²) in [5, 5.41) is 21.1. The van der Waals surface area contributed by atoms with E-state index in [1.54, 1.807) is 7.11 Å². The summed E-state index contributed by atoms with van der Waals surface area (Å²) in [4.78, 5) is 0. The molecule has 3 N–H and O–H groups in total. The van der Waals surface area contributed by atoms with Crippen LogP contribution in [0, 0.1) is 0 Å². The van der Waals surface area contributed by atoms with Crippen molar-refractivity contribution >= 4 is 0 Å². The molecule has 1 aliphatic rings. The lowest BCUT2D eigenvalue weighted by Crippen LogP contribution is -2.45. The van der Waals surface area contributed by atoms with E-state index in [-0.39, 0.29) is 19.3 Å². The van der Waals surface area contributed by atoms with Gasteiger partial charge in [0, 0.05) is 13.2 Å². The van der Waals surface area contributed by atoms with Crippen LogP contribution in [0.25, 0.3) is 0 Å². The molecule has 0 heterocycles. The fraction of sp³-hybridized carbons (Fsp3) is 1.00. The van der Waals surface area contributed by atoms with Gasteiger partial charge in [0.25, 0.3) is 0 Å². The summed E-state index contributed by atoms with van der Waals surface area (Å²) in [7, 11) is 1.74. The maximum Gasteiger partial charge on any atom is 0.0607 e. The van der Waals surface area contributed by atoms with Crippen LogP contribution in [-0.2, 0) is 4.74 Å². The third-order valence-electron chi connectivity index (χ3n) is 2.87. The van der Waals surface area contributed by atoms with Crippen molar-refractivity contribution in [2.45, 2.75) is 43.9 Å². The first-order valence-corrected chi connectivity index (χ1v) is 5.30. The second kappa shape index (κ2) is 6.35. The summed E-state index contributed by atoms with van der Waals surface area (Å²) in [5.41, 5.74) is 0. The normalized spacial score (nSPS) is 28.3. The van der Waals surface area contributed by atoms with E-state index in [4.69, 9.17) is 14.9 Å². The van der Waals surface area contributed by atoms with Gasteiger partial charge in [0.2, 0.25) is 0 Å². The first-order chi connectivity index (χ1) is 6.80. The number of ether oxygens (including phenoxy) is 1. The smallest absolute Gasteiger partial charge is 0.0607 e. The van der Waals surface area contributed by atoms with E-state index in [1.165, 1.54) is 0 Å². The Morgan fingerprint density at radius 3 is 2.64 bits per heavy atom. The monoisotopic (exact) mass is 203 g/mol. The van der Waals surface area contributed by atoms with Gasteiger partial charge < -0.3 is 20.3 Å². The number of rotatable bonds is 5. The first kappa shape index (κ1) is 11.9. The molecule has 0 aromatic heterocycles. The van der Waals surface area contributed by atoms with Crippen LogP contribution in [0.2, 0.25) is 0 Å². The van der Waals surface area contributed by atoms with Gasteiger partial charge >= 0.3 is 0 Å². The second-order valence-corrected chi connectivity index (χ2v) is 3.95. The Balaban J connectivity index is 2.29. The predicted molar refractivity (Wildman–Crippen MR) is 54.1 cm³/mol. The Kier molecular flexibility index (Phi) is 5.40. The van der Waals surface area contributed by atoms with E-state index in [9.17, 15) is 0 Å². The van der Waals surface area contributed by atoms with Crippen molar-refractivity contribution in [3.8, 4) is 0 Å². The highest BCUT2D eigenvalue weighted by Gasteiger charge is 2.23. The van der Waals surface area contributed by atoms with Gasteiger partial charge in [-0.2, -0.15) is 0 Å². The highest BCUT2D eigenvalue weighted by Crippen LogP contribution is 2.20. The van der Waals surface area contributed by atoms with Crippen molar-refractivity contribution in [3.63, 3.8) is 0 Å². The summed E-state index contributed by atoms with van der Waals surface area (Å²) < 4.78 is 5.31. The van der Waals surface area contributed by atoms with Gasteiger partial charge in [-0.25, -0.2) is 0 Å². The average molecular weight is 203 g/mol. The van der Waals surface area contributed by atoms with E-state index in [0.717, 1.165) is 25.7 Å². The average Bonchev–Trinajstić information content (AvgIpc) is 2.26. The molecule has 4 heteroatoms. The highest BCUT2D eigenvalue weighted by molar-refractivity contribution is 4.81.